The van der Waals surface area contributed by atoms with Gasteiger partial charge < -0.3 is 10.5 Å². The van der Waals surface area contributed by atoms with Crippen LogP contribution in [0.3, 0.4) is 0 Å². The predicted octanol–water partition coefficient (Wildman–Crippen LogP) is 3.98. The van der Waals surface area contributed by atoms with Crippen molar-refractivity contribution in [2.75, 3.05) is 0 Å². The van der Waals surface area contributed by atoms with Gasteiger partial charge in [-0.05, 0) is 40.2 Å². The molecule has 0 aliphatic carbocycles. The third kappa shape index (κ3) is 3.05. The van der Waals surface area contributed by atoms with Crippen LogP contribution in [0.2, 0.25) is 10.0 Å². The molecule has 1 aliphatic rings. The number of halogens is 2. The van der Waals surface area contributed by atoms with Crippen LogP contribution in [0, 0.1) is 5.92 Å². The second-order valence-corrected chi connectivity index (χ2v) is 7.17. The Hall–Kier alpha value is -0.350. The molecule has 0 spiro atoms. The van der Waals surface area contributed by atoms with Gasteiger partial charge in [0.2, 0.25) is 0 Å². The Morgan fingerprint density at radius 3 is 2.47 bits per heavy atom. The van der Waals surface area contributed by atoms with Crippen molar-refractivity contribution in [1.82, 2.24) is 4.98 Å². The molecule has 1 fully saturated rings. The molecule has 1 saturated heterocycles. The summed E-state index contributed by atoms with van der Waals surface area (Å²) in [5.74, 6) is 0.161. The highest BCUT2D eigenvalue weighted by molar-refractivity contribution is 6.34. The second kappa shape index (κ2) is 4.88. The summed E-state index contributed by atoms with van der Waals surface area (Å²) in [4.78, 5) is 4.29. The van der Waals surface area contributed by atoms with Crippen LogP contribution < -0.4 is 5.73 Å². The molecule has 19 heavy (non-hydrogen) atoms. The third-order valence-corrected chi connectivity index (χ3v) is 4.24. The van der Waals surface area contributed by atoms with E-state index in [9.17, 15) is 0 Å². The van der Waals surface area contributed by atoms with E-state index in [0.717, 1.165) is 6.42 Å². The molecule has 2 N–H and O–H groups in total. The fraction of sp³-hybridized carbons (Fsp3) is 0.643. The van der Waals surface area contributed by atoms with Crippen molar-refractivity contribution >= 4 is 23.2 Å². The Labute approximate surface area is 124 Å². The van der Waals surface area contributed by atoms with Crippen molar-refractivity contribution in [3.05, 3.63) is 28.0 Å². The fourth-order valence-electron chi connectivity index (χ4n) is 3.03. The molecule has 0 amide bonds. The predicted molar refractivity (Wildman–Crippen MR) is 78.5 cm³/mol. The van der Waals surface area contributed by atoms with E-state index < -0.39 is 0 Å². The topological polar surface area (TPSA) is 48.1 Å². The molecule has 1 aromatic heterocycles. The molecule has 0 radical (unpaired) electrons. The van der Waals surface area contributed by atoms with Gasteiger partial charge >= 0.3 is 0 Å². The van der Waals surface area contributed by atoms with Crippen molar-refractivity contribution in [3.63, 3.8) is 0 Å². The SMILES string of the molecule is CC1(C)CC(C(N)c2ncc(Cl)cc2Cl)C(C)(C)O1. The van der Waals surface area contributed by atoms with Crippen LogP contribution >= 0.6 is 23.2 Å². The van der Waals surface area contributed by atoms with Crippen molar-refractivity contribution in [2.45, 2.75) is 51.4 Å². The van der Waals surface area contributed by atoms with E-state index in [0.29, 0.717) is 15.7 Å². The monoisotopic (exact) mass is 302 g/mol. The molecule has 1 aromatic rings. The molecule has 3 nitrogen and oxygen atoms in total. The van der Waals surface area contributed by atoms with E-state index in [1.807, 2.05) is 0 Å². The number of nitrogens with zero attached hydrogens (tertiary/aromatic N) is 1. The highest BCUT2D eigenvalue weighted by Gasteiger charge is 2.49. The molecule has 0 aromatic carbocycles. The Morgan fingerprint density at radius 2 is 2.00 bits per heavy atom. The van der Waals surface area contributed by atoms with E-state index >= 15 is 0 Å². The van der Waals surface area contributed by atoms with Crippen LogP contribution in [0.25, 0.3) is 0 Å². The largest absolute Gasteiger partial charge is 0.369 e. The van der Waals surface area contributed by atoms with Gasteiger partial charge in [-0.1, -0.05) is 23.2 Å². The molecular weight excluding hydrogens is 283 g/mol. The zero-order chi connectivity index (χ0) is 14.4. The number of ether oxygens (including phenoxy) is 1. The molecule has 1 aliphatic heterocycles. The Balaban J connectivity index is 2.31. The Bertz CT molecular complexity index is 488. The van der Waals surface area contributed by atoms with Crippen LogP contribution in [0.15, 0.2) is 12.3 Å². The molecule has 0 saturated carbocycles. The van der Waals surface area contributed by atoms with E-state index in [2.05, 4.69) is 32.7 Å². The van der Waals surface area contributed by atoms with Gasteiger partial charge in [0.05, 0.1) is 33.0 Å². The van der Waals surface area contributed by atoms with Crippen molar-refractivity contribution < 1.29 is 4.74 Å². The number of nitrogens with two attached hydrogens (primary N) is 1. The minimum Gasteiger partial charge on any atom is -0.369 e. The lowest BCUT2D eigenvalue weighted by atomic mass is 9.80. The maximum atomic E-state index is 6.38. The van der Waals surface area contributed by atoms with Crippen LogP contribution in [-0.2, 0) is 4.74 Å². The Morgan fingerprint density at radius 1 is 1.37 bits per heavy atom. The first-order valence-corrected chi connectivity index (χ1v) is 7.15. The molecule has 0 bridgehead atoms. The van der Waals surface area contributed by atoms with Crippen LogP contribution in [0.5, 0.6) is 0 Å². The second-order valence-electron chi connectivity index (χ2n) is 6.32. The highest BCUT2D eigenvalue weighted by atomic mass is 35.5. The lowest BCUT2D eigenvalue weighted by molar-refractivity contribution is -0.0768. The smallest absolute Gasteiger partial charge is 0.0761 e. The number of rotatable bonds is 2. The van der Waals surface area contributed by atoms with Gasteiger partial charge in [0.15, 0.2) is 0 Å². The van der Waals surface area contributed by atoms with Crippen molar-refractivity contribution in [3.8, 4) is 0 Å². The fourth-order valence-corrected chi connectivity index (χ4v) is 3.53. The van der Waals surface area contributed by atoms with E-state index in [4.69, 9.17) is 33.7 Å². The molecular formula is C14H20Cl2N2O. The van der Waals surface area contributed by atoms with Gasteiger partial charge in [-0.25, -0.2) is 0 Å². The summed E-state index contributed by atoms with van der Waals surface area (Å²) < 4.78 is 6.08. The summed E-state index contributed by atoms with van der Waals surface area (Å²) >= 11 is 12.1. The zero-order valence-corrected chi connectivity index (χ0v) is 13.2. The molecule has 2 unspecified atom stereocenters. The molecule has 2 atom stereocenters. The van der Waals surface area contributed by atoms with Gasteiger partial charge in [0.25, 0.3) is 0 Å². The van der Waals surface area contributed by atoms with Crippen LogP contribution in [-0.4, -0.2) is 16.2 Å². The first-order valence-electron chi connectivity index (χ1n) is 6.39. The quantitative estimate of drug-likeness (QED) is 0.899. The summed E-state index contributed by atoms with van der Waals surface area (Å²) in [6, 6.07) is 1.42. The normalized spacial score (nSPS) is 26.4. The van der Waals surface area contributed by atoms with E-state index in [1.54, 1.807) is 12.3 Å². The van der Waals surface area contributed by atoms with E-state index in [1.165, 1.54) is 0 Å². The summed E-state index contributed by atoms with van der Waals surface area (Å²) in [6.45, 7) is 8.29. The van der Waals surface area contributed by atoms with Gasteiger partial charge in [-0.3, -0.25) is 4.98 Å². The van der Waals surface area contributed by atoms with Crippen LogP contribution in [0.4, 0.5) is 0 Å². The molecule has 106 valence electrons. The van der Waals surface area contributed by atoms with E-state index in [-0.39, 0.29) is 23.2 Å². The first kappa shape index (κ1) is 15.0. The average molecular weight is 303 g/mol. The molecule has 2 rings (SSSR count). The molecule has 2 heterocycles. The molecule has 5 heteroatoms. The lowest BCUT2D eigenvalue weighted by Crippen LogP contribution is -2.36. The lowest BCUT2D eigenvalue weighted by Gasteiger charge is -2.31. The maximum Gasteiger partial charge on any atom is 0.0761 e. The standard InChI is InChI=1S/C14H20Cl2N2O/c1-13(2)6-9(14(3,4)19-13)11(17)12-10(16)5-8(15)7-18-12/h5,7,9,11H,6,17H2,1-4H3. The van der Waals surface area contributed by atoms with Crippen molar-refractivity contribution in [1.29, 1.82) is 0 Å². The zero-order valence-electron chi connectivity index (χ0n) is 11.7. The maximum absolute atomic E-state index is 6.38. The highest BCUT2D eigenvalue weighted by Crippen LogP contribution is 2.47. The summed E-state index contributed by atoms with van der Waals surface area (Å²) in [7, 11) is 0. The average Bonchev–Trinajstić information content (AvgIpc) is 2.45. The Kier molecular flexibility index (Phi) is 3.87. The minimum atomic E-state index is -0.298. The number of hydrogen-bond donors (Lipinski definition) is 1. The van der Waals surface area contributed by atoms with Gasteiger partial charge in [0, 0.05) is 12.1 Å². The summed E-state index contributed by atoms with van der Waals surface area (Å²) in [5, 5.41) is 1.03. The van der Waals surface area contributed by atoms with Crippen LogP contribution in [0.1, 0.15) is 45.9 Å². The first-order chi connectivity index (χ1) is 8.62. The number of aromatic nitrogens is 1. The third-order valence-electron chi connectivity index (χ3n) is 3.73. The minimum absolute atomic E-state index is 0.161. The van der Waals surface area contributed by atoms with Gasteiger partial charge in [-0.15, -0.1) is 0 Å². The summed E-state index contributed by atoms with van der Waals surface area (Å²) in [6.07, 6.45) is 2.46. The number of hydrogen-bond acceptors (Lipinski definition) is 3. The summed E-state index contributed by atoms with van der Waals surface area (Å²) in [5.41, 5.74) is 6.59. The van der Waals surface area contributed by atoms with Gasteiger partial charge in [-0.2, -0.15) is 0 Å². The number of pyridine rings is 1. The van der Waals surface area contributed by atoms with Gasteiger partial charge in [0.1, 0.15) is 0 Å². The van der Waals surface area contributed by atoms with Crippen molar-refractivity contribution in [2.24, 2.45) is 11.7 Å².